The molecule has 0 radical (unpaired) electrons. The van der Waals surface area contributed by atoms with Crippen LogP contribution in [0.2, 0.25) is 0 Å². The molecule has 0 bridgehead atoms. The first-order chi connectivity index (χ1) is 8.83. The van der Waals surface area contributed by atoms with Crippen LogP contribution in [0.5, 0.6) is 0 Å². The van der Waals surface area contributed by atoms with Crippen LogP contribution in [0.1, 0.15) is 0 Å². The highest BCUT2D eigenvalue weighted by Crippen LogP contribution is 2.14. The van der Waals surface area contributed by atoms with Crippen molar-refractivity contribution in [2.45, 2.75) is 0 Å². The van der Waals surface area contributed by atoms with Gasteiger partial charge in [0.2, 0.25) is 11.9 Å². The number of hydrogen-bond donors (Lipinski definition) is 1. The lowest BCUT2D eigenvalue weighted by atomic mass is 10.3. The molecule has 0 aliphatic carbocycles. The molecule has 0 aromatic carbocycles. The summed E-state index contributed by atoms with van der Waals surface area (Å²) in [6.07, 6.45) is 8.34. The number of nitrogens with zero attached hydrogens (tertiary/aromatic N) is 6. The van der Waals surface area contributed by atoms with Gasteiger partial charge in [0, 0.05) is 30.4 Å². The minimum absolute atomic E-state index is 0.160. The van der Waals surface area contributed by atoms with E-state index in [1.54, 1.807) is 35.7 Å². The molecule has 0 aliphatic heterocycles. The van der Waals surface area contributed by atoms with Gasteiger partial charge >= 0.3 is 0 Å². The van der Waals surface area contributed by atoms with Gasteiger partial charge in [-0.05, 0) is 12.1 Å². The molecule has 3 aromatic rings. The van der Waals surface area contributed by atoms with Gasteiger partial charge in [0.05, 0.1) is 0 Å². The molecule has 7 heteroatoms. The second-order valence-corrected chi connectivity index (χ2v) is 3.53. The van der Waals surface area contributed by atoms with Gasteiger partial charge in [0.1, 0.15) is 6.33 Å². The van der Waals surface area contributed by atoms with Gasteiger partial charge in [-0.15, -0.1) is 0 Å². The summed E-state index contributed by atoms with van der Waals surface area (Å²) in [4.78, 5) is 20.4. The second-order valence-electron chi connectivity index (χ2n) is 3.53. The number of nitrogen functional groups attached to an aromatic ring is 1. The lowest BCUT2D eigenvalue weighted by Crippen LogP contribution is -2.06. The molecular weight excluding hydrogens is 230 g/mol. The fourth-order valence-corrected chi connectivity index (χ4v) is 1.50. The van der Waals surface area contributed by atoms with Crippen LogP contribution < -0.4 is 5.73 Å². The van der Waals surface area contributed by atoms with E-state index in [1.165, 1.54) is 0 Å². The molecule has 0 aliphatic rings. The third-order valence-corrected chi connectivity index (χ3v) is 2.30. The third-order valence-electron chi connectivity index (χ3n) is 2.30. The molecule has 0 unspecified atom stereocenters. The predicted octanol–water partition coefficient (Wildman–Crippen LogP) is 0.701. The number of imidazole rings is 1. The van der Waals surface area contributed by atoms with Crippen LogP contribution in [0.15, 0.2) is 43.2 Å². The van der Waals surface area contributed by atoms with E-state index < -0.39 is 0 Å². The number of rotatable bonds is 2. The first kappa shape index (κ1) is 10.3. The van der Waals surface area contributed by atoms with Crippen molar-refractivity contribution in [1.29, 1.82) is 0 Å². The summed E-state index contributed by atoms with van der Waals surface area (Å²) in [6, 6.07) is 3.67. The van der Waals surface area contributed by atoms with Crippen molar-refractivity contribution in [3.63, 3.8) is 0 Å². The maximum absolute atomic E-state index is 5.69. The molecule has 0 amide bonds. The Morgan fingerprint density at radius 3 is 2.72 bits per heavy atom. The zero-order valence-electron chi connectivity index (χ0n) is 9.30. The normalized spacial score (nSPS) is 10.4. The lowest BCUT2D eigenvalue weighted by Gasteiger charge is -2.04. The van der Waals surface area contributed by atoms with E-state index in [9.17, 15) is 0 Å². The van der Waals surface area contributed by atoms with Crippen LogP contribution in [0.3, 0.4) is 0 Å². The highest BCUT2D eigenvalue weighted by Gasteiger charge is 2.07. The Bertz CT molecular complexity index is 648. The molecule has 0 saturated carbocycles. The van der Waals surface area contributed by atoms with Crippen molar-refractivity contribution in [3.05, 3.63) is 43.2 Å². The Morgan fingerprint density at radius 1 is 1.06 bits per heavy atom. The summed E-state index contributed by atoms with van der Waals surface area (Å²) in [5.41, 5.74) is 6.47. The first-order valence-electron chi connectivity index (χ1n) is 5.23. The fraction of sp³-hybridized carbons (Fsp3) is 0. The number of nitrogens with two attached hydrogens (primary N) is 1. The van der Waals surface area contributed by atoms with Gasteiger partial charge in [0.25, 0.3) is 0 Å². The summed E-state index contributed by atoms with van der Waals surface area (Å²) >= 11 is 0. The topological polar surface area (TPSA) is 95.4 Å². The molecular formula is C11H9N7. The molecule has 2 N–H and O–H groups in total. The summed E-state index contributed by atoms with van der Waals surface area (Å²) < 4.78 is 1.66. The van der Waals surface area contributed by atoms with E-state index >= 15 is 0 Å². The van der Waals surface area contributed by atoms with Gasteiger partial charge in [-0.25, -0.2) is 4.98 Å². The number of aromatic nitrogens is 6. The fourth-order valence-electron chi connectivity index (χ4n) is 1.50. The van der Waals surface area contributed by atoms with Crippen LogP contribution in [-0.4, -0.2) is 29.5 Å². The lowest BCUT2D eigenvalue weighted by molar-refractivity contribution is 0.906. The van der Waals surface area contributed by atoms with Crippen molar-refractivity contribution in [2.75, 3.05) is 5.73 Å². The van der Waals surface area contributed by atoms with E-state index in [0.717, 1.165) is 5.56 Å². The Hall–Kier alpha value is -2.83. The SMILES string of the molecule is Nc1nc(-c2cccnc2)nc(-n2ccnc2)n1. The molecule has 7 nitrogen and oxygen atoms in total. The Morgan fingerprint density at radius 2 is 2.00 bits per heavy atom. The van der Waals surface area contributed by atoms with Crippen LogP contribution in [0.4, 0.5) is 5.95 Å². The van der Waals surface area contributed by atoms with Gasteiger partial charge in [-0.3, -0.25) is 9.55 Å². The largest absolute Gasteiger partial charge is 0.368 e. The molecule has 3 heterocycles. The summed E-state index contributed by atoms with van der Waals surface area (Å²) in [5, 5.41) is 0. The van der Waals surface area contributed by atoms with Gasteiger partial charge in [-0.2, -0.15) is 15.0 Å². The van der Waals surface area contributed by atoms with Gasteiger partial charge < -0.3 is 5.73 Å². The molecule has 0 saturated heterocycles. The smallest absolute Gasteiger partial charge is 0.240 e. The van der Waals surface area contributed by atoms with Gasteiger partial charge in [0.15, 0.2) is 5.82 Å². The number of hydrogen-bond acceptors (Lipinski definition) is 6. The average molecular weight is 239 g/mol. The summed E-state index contributed by atoms with van der Waals surface area (Å²) in [6.45, 7) is 0. The maximum atomic E-state index is 5.69. The van der Waals surface area contributed by atoms with Crippen molar-refractivity contribution < 1.29 is 0 Å². The van der Waals surface area contributed by atoms with Crippen molar-refractivity contribution >= 4 is 5.95 Å². The van der Waals surface area contributed by atoms with E-state index in [2.05, 4.69) is 24.9 Å². The first-order valence-corrected chi connectivity index (χ1v) is 5.23. The highest BCUT2D eigenvalue weighted by atomic mass is 15.2. The minimum Gasteiger partial charge on any atom is -0.368 e. The standard InChI is InChI=1S/C11H9N7/c12-10-15-9(8-2-1-3-13-6-8)16-11(17-10)18-5-4-14-7-18/h1-7H,(H2,12,15,16,17). The number of pyridine rings is 1. The Kier molecular flexibility index (Phi) is 2.41. The van der Waals surface area contributed by atoms with Crippen LogP contribution in [0, 0.1) is 0 Å². The second kappa shape index (κ2) is 4.21. The highest BCUT2D eigenvalue weighted by molar-refractivity contribution is 5.54. The Labute approximate surface area is 102 Å². The van der Waals surface area contributed by atoms with E-state index in [0.29, 0.717) is 11.8 Å². The Balaban J connectivity index is 2.12. The molecule has 88 valence electrons. The molecule has 0 atom stereocenters. The van der Waals surface area contributed by atoms with Crippen LogP contribution in [0.25, 0.3) is 17.3 Å². The molecule has 0 fully saturated rings. The quantitative estimate of drug-likeness (QED) is 0.707. The molecule has 0 spiro atoms. The predicted molar refractivity (Wildman–Crippen MR) is 64.6 cm³/mol. The maximum Gasteiger partial charge on any atom is 0.240 e. The third kappa shape index (κ3) is 1.88. The molecule has 3 rings (SSSR count). The minimum atomic E-state index is 0.160. The number of anilines is 1. The summed E-state index contributed by atoms with van der Waals surface area (Å²) in [7, 11) is 0. The van der Waals surface area contributed by atoms with E-state index in [-0.39, 0.29) is 5.95 Å². The average Bonchev–Trinajstić information content (AvgIpc) is 2.93. The molecule has 3 aromatic heterocycles. The van der Waals surface area contributed by atoms with Crippen LogP contribution >= 0.6 is 0 Å². The van der Waals surface area contributed by atoms with E-state index in [4.69, 9.17) is 5.73 Å². The van der Waals surface area contributed by atoms with Crippen molar-refractivity contribution in [1.82, 2.24) is 29.5 Å². The molecule has 18 heavy (non-hydrogen) atoms. The zero-order chi connectivity index (χ0) is 12.4. The van der Waals surface area contributed by atoms with Crippen molar-refractivity contribution in [2.24, 2.45) is 0 Å². The van der Waals surface area contributed by atoms with Crippen molar-refractivity contribution in [3.8, 4) is 17.3 Å². The zero-order valence-corrected chi connectivity index (χ0v) is 9.30. The van der Waals surface area contributed by atoms with E-state index in [1.807, 2.05) is 12.1 Å². The monoisotopic (exact) mass is 239 g/mol. The van der Waals surface area contributed by atoms with Crippen LogP contribution in [-0.2, 0) is 0 Å². The van der Waals surface area contributed by atoms with Gasteiger partial charge in [-0.1, -0.05) is 0 Å². The summed E-state index contributed by atoms with van der Waals surface area (Å²) in [5.74, 6) is 1.07.